The molecule has 27 heavy (non-hydrogen) atoms. The van der Waals surface area contributed by atoms with E-state index >= 15 is 0 Å². The van der Waals surface area contributed by atoms with E-state index in [2.05, 4.69) is 75.0 Å². The number of guanidine groups is 1. The van der Waals surface area contributed by atoms with Gasteiger partial charge in [-0.15, -0.1) is 0 Å². The smallest absolute Gasteiger partial charge is 0.230 e. The SMILES string of the molecule is Cc1ccc2nc(NC3=NC[NH+](CCc4ccccc4)CN3)nc(C)c2c1. The number of fused-ring (bicyclic) bond motifs is 1. The van der Waals surface area contributed by atoms with Crippen LogP contribution in [0.2, 0.25) is 0 Å². The van der Waals surface area contributed by atoms with Gasteiger partial charge in [-0.25, -0.2) is 9.97 Å². The Morgan fingerprint density at radius 2 is 1.93 bits per heavy atom. The number of quaternary nitrogens is 1. The normalized spacial score (nSPS) is 16.7. The molecule has 1 unspecified atom stereocenters. The topological polar surface area (TPSA) is 66.6 Å². The summed E-state index contributed by atoms with van der Waals surface area (Å²) in [6.07, 6.45) is 1.06. The second-order valence-corrected chi connectivity index (χ2v) is 7.03. The van der Waals surface area contributed by atoms with Crippen LogP contribution in [-0.2, 0) is 6.42 Å². The van der Waals surface area contributed by atoms with Gasteiger partial charge in [0.05, 0.1) is 17.8 Å². The minimum Gasteiger partial charge on any atom is -0.309 e. The monoisotopic (exact) mass is 361 g/mol. The zero-order valence-electron chi connectivity index (χ0n) is 15.8. The van der Waals surface area contributed by atoms with Crippen molar-refractivity contribution in [3.63, 3.8) is 0 Å². The van der Waals surface area contributed by atoms with Crippen LogP contribution in [0.25, 0.3) is 10.9 Å². The highest BCUT2D eigenvalue weighted by molar-refractivity contribution is 5.93. The Kier molecular flexibility index (Phi) is 4.98. The Morgan fingerprint density at radius 1 is 1.07 bits per heavy atom. The highest BCUT2D eigenvalue weighted by Crippen LogP contribution is 2.18. The van der Waals surface area contributed by atoms with E-state index in [4.69, 9.17) is 0 Å². The summed E-state index contributed by atoms with van der Waals surface area (Å²) in [7, 11) is 0. The standard InChI is InChI=1S/C21H24N6/c1-15-8-9-19-18(12-15)16(2)24-21(25-19)26-20-22-13-27(14-23-20)11-10-17-6-4-3-5-7-17/h3-9,12H,10-11,13-14H2,1-2H3,(H2,22,23,24,25,26)/p+1. The fourth-order valence-corrected chi connectivity index (χ4v) is 3.29. The van der Waals surface area contributed by atoms with E-state index in [0.717, 1.165) is 48.9 Å². The molecule has 0 fully saturated rings. The molecule has 1 aromatic heterocycles. The number of nitrogens with one attached hydrogen (secondary N) is 3. The van der Waals surface area contributed by atoms with Crippen LogP contribution in [0.3, 0.4) is 0 Å². The number of hydrogen-bond donors (Lipinski definition) is 3. The van der Waals surface area contributed by atoms with Crippen molar-refractivity contribution < 1.29 is 4.90 Å². The van der Waals surface area contributed by atoms with Crippen LogP contribution in [0, 0.1) is 13.8 Å². The average molecular weight is 361 g/mol. The first-order chi connectivity index (χ1) is 13.2. The third kappa shape index (κ3) is 4.23. The van der Waals surface area contributed by atoms with Gasteiger partial charge < -0.3 is 5.32 Å². The third-order valence-electron chi connectivity index (χ3n) is 4.85. The first-order valence-corrected chi connectivity index (χ1v) is 9.35. The maximum atomic E-state index is 4.62. The van der Waals surface area contributed by atoms with E-state index in [-0.39, 0.29) is 0 Å². The van der Waals surface area contributed by atoms with E-state index in [9.17, 15) is 0 Å². The van der Waals surface area contributed by atoms with E-state index < -0.39 is 0 Å². The maximum Gasteiger partial charge on any atom is 0.230 e. The van der Waals surface area contributed by atoms with Crippen molar-refractivity contribution in [3.8, 4) is 0 Å². The van der Waals surface area contributed by atoms with Gasteiger partial charge in [0.15, 0.2) is 13.3 Å². The first-order valence-electron chi connectivity index (χ1n) is 9.35. The van der Waals surface area contributed by atoms with Gasteiger partial charge >= 0.3 is 0 Å². The molecule has 0 bridgehead atoms. The summed E-state index contributed by atoms with van der Waals surface area (Å²) in [5.74, 6) is 1.33. The van der Waals surface area contributed by atoms with Crippen molar-refractivity contribution in [1.82, 2.24) is 15.3 Å². The van der Waals surface area contributed by atoms with Gasteiger partial charge in [0.2, 0.25) is 11.9 Å². The number of rotatable bonds is 4. The van der Waals surface area contributed by atoms with Crippen molar-refractivity contribution >= 4 is 22.8 Å². The lowest BCUT2D eigenvalue weighted by molar-refractivity contribution is -0.902. The van der Waals surface area contributed by atoms with Crippen LogP contribution in [0.5, 0.6) is 0 Å². The highest BCUT2D eigenvalue weighted by atomic mass is 15.4. The highest BCUT2D eigenvalue weighted by Gasteiger charge is 2.16. The molecule has 0 radical (unpaired) electrons. The molecule has 0 amide bonds. The van der Waals surface area contributed by atoms with E-state index in [1.807, 2.05) is 13.0 Å². The molecule has 0 aliphatic carbocycles. The number of benzene rings is 2. The van der Waals surface area contributed by atoms with Gasteiger partial charge in [0, 0.05) is 11.8 Å². The molecule has 2 aromatic carbocycles. The summed E-state index contributed by atoms with van der Waals surface area (Å²) >= 11 is 0. The lowest BCUT2D eigenvalue weighted by Gasteiger charge is -2.24. The van der Waals surface area contributed by atoms with Crippen molar-refractivity contribution in [1.29, 1.82) is 0 Å². The quantitative estimate of drug-likeness (QED) is 0.661. The predicted molar refractivity (Wildman–Crippen MR) is 109 cm³/mol. The molecule has 6 heteroatoms. The number of anilines is 1. The van der Waals surface area contributed by atoms with Crippen molar-refractivity contribution in [2.45, 2.75) is 20.3 Å². The van der Waals surface area contributed by atoms with E-state index in [1.54, 1.807) is 0 Å². The summed E-state index contributed by atoms with van der Waals surface area (Å²) in [4.78, 5) is 15.2. The van der Waals surface area contributed by atoms with Crippen LogP contribution < -0.4 is 15.5 Å². The number of nitrogens with zero attached hydrogens (tertiary/aromatic N) is 3. The second-order valence-electron chi connectivity index (χ2n) is 7.03. The van der Waals surface area contributed by atoms with Crippen molar-refractivity contribution in [2.75, 3.05) is 25.2 Å². The molecule has 1 aliphatic heterocycles. The predicted octanol–water partition coefficient (Wildman–Crippen LogP) is 1.66. The molecular weight excluding hydrogens is 336 g/mol. The number of aromatic nitrogens is 2. The Balaban J connectivity index is 1.38. The molecule has 1 aliphatic rings. The number of aryl methyl sites for hydroxylation is 2. The van der Waals surface area contributed by atoms with Crippen LogP contribution in [0.4, 0.5) is 5.95 Å². The molecular formula is C21H25N6+. The lowest BCUT2D eigenvalue weighted by atomic mass is 10.1. The van der Waals surface area contributed by atoms with Gasteiger partial charge in [-0.2, -0.15) is 4.99 Å². The molecule has 0 spiro atoms. The van der Waals surface area contributed by atoms with Crippen LogP contribution >= 0.6 is 0 Å². The fourth-order valence-electron chi connectivity index (χ4n) is 3.29. The fraction of sp³-hybridized carbons (Fsp3) is 0.286. The molecule has 0 saturated heterocycles. The summed E-state index contributed by atoms with van der Waals surface area (Å²) in [5.41, 5.74) is 4.50. The van der Waals surface area contributed by atoms with E-state index in [1.165, 1.54) is 16.0 Å². The van der Waals surface area contributed by atoms with Gasteiger partial charge in [-0.1, -0.05) is 42.0 Å². The van der Waals surface area contributed by atoms with Crippen molar-refractivity contribution in [2.24, 2.45) is 4.99 Å². The molecule has 1 atom stereocenters. The summed E-state index contributed by atoms with van der Waals surface area (Å²) in [6.45, 7) is 6.73. The summed E-state index contributed by atoms with van der Waals surface area (Å²) in [6, 6.07) is 16.8. The Bertz CT molecular complexity index is 967. The molecule has 4 rings (SSSR count). The Morgan fingerprint density at radius 3 is 2.70 bits per heavy atom. The molecule has 138 valence electrons. The molecule has 6 nitrogen and oxygen atoms in total. The molecule has 2 heterocycles. The second kappa shape index (κ2) is 7.72. The summed E-state index contributed by atoms with van der Waals surface area (Å²) < 4.78 is 0. The van der Waals surface area contributed by atoms with Crippen LogP contribution in [-0.4, -0.2) is 35.8 Å². The first kappa shape index (κ1) is 17.4. The number of hydrogen-bond acceptors (Lipinski definition) is 5. The minimum absolute atomic E-state index is 0.586. The molecule has 3 N–H and O–H groups in total. The van der Waals surface area contributed by atoms with Gasteiger partial charge in [0.1, 0.15) is 0 Å². The Labute approximate surface area is 159 Å². The van der Waals surface area contributed by atoms with Gasteiger partial charge in [-0.3, -0.25) is 10.2 Å². The van der Waals surface area contributed by atoms with Gasteiger partial charge in [-0.05, 0) is 31.5 Å². The zero-order chi connectivity index (χ0) is 18.6. The molecule has 0 saturated carbocycles. The van der Waals surface area contributed by atoms with Crippen LogP contribution in [0.1, 0.15) is 16.8 Å². The third-order valence-corrected chi connectivity index (χ3v) is 4.85. The zero-order valence-corrected chi connectivity index (χ0v) is 15.8. The lowest BCUT2D eigenvalue weighted by Crippen LogP contribution is -3.14. The largest absolute Gasteiger partial charge is 0.309 e. The molecule has 3 aromatic rings. The maximum absolute atomic E-state index is 4.62. The number of aliphatic imine (C=N–C) groups is 1. The van der Waals surface area contributed by atoms with Crippen molar-refractivity contribution in [3.05, 3.63) is 65.4 Å². The average Bonchev–Trinajstić information content (AvgIpc) is 2.69. The van der Waals surface area contributed by atoms with E-state index in [0.29, 0.717) is 5.95 Å². The minimum atomic E-state index is 0.586. The van der Waals surface area contributed by atoms with Gasteiger partial charge in [0.25, 0.3) is 0 Å². The summed E-state index contributed by atoms with van der Waals surface area (Å²) in [5, 5.41) is 7.67. The van der Waals surface area contributed by atoms with Crippen LogP contribution in [0.15, 0.2) is 53.5 Å². The Hall–Kier alpha value is -2.99.